The highest BCUT2D eigenvalue weighted by molar-refractivity contribution is 6.55. The number of halogens is 9. The summed E-state index contributed by atoms with van der Waals surface area (Å²) in [6.45, 7) is 3.09. The van der Waals surface area contributed by atoms with Crippen LogP contribution in [0.25, 0.3) is 11.0 Å². The zero-order valence-electron chi connectivity index (χ0n) is 10.5. The van der Waals surface area contributed by atoms with Crippen LogP contribution >= 0.6 is 46.4 Å². The van der Waals surface area contributed by atoms with Gasteiger partial charge in [-0.05, 0) is 0 Å². The molecule has 0 bridgehead atoms. The molecule has 0 spiro atoms. The average Bonchev–Trinajstić information content (AvgIpc) is 2.82. The summed E-state index contributed by atoms with van der Waals surface area (Å²) in [7, 11) is 0. The van der Waals surface area contributed by atoms with Crippen LogP contribution in [0.1, 0.15) is 5.82 Å². The van der Waals surface area contributed by atoms with Crippen molar-refractivity contribution in [3.63, 3.8) is 0 Å². The van der Waals surface area contributed by atoms with Gasteiger partial charge in [-0.1, -0.05) is 53.0 Å². The van der Waals surface area contributed by atoms with Gasteiger partial charge in [-0.25, -0.2) is 4.98 Å². The minimum Gasteiger partial charge on any atom is -0.382 e. The van der Waals surface area contributed by atoms with E-state index in [1.165, 1.54) is 0 Å². The molecule has 0 saturated carbocycles. The van der Waals surface area contributed by atoms with E-state index in [4.69, 9.17) is 46.4 Å². The number of benzene rings is 1. The van der Waals surface area contributed by atoms with Crippen LogP contribution in [0, 0.1) is 0 Å². The van der Waals surface area contributed by atoms with Gasteiger partial charge in [-0.3, -0.25) is 0 Å². The Balaban J connectivity index is 2.98. The Morgan fingerprint density at radius 1 is 0.957 bits per heavy atom. The quantitative estimate of drug-likeness (QED) is 0.271. The van der Waals surface area contributed by atoms with Crippen molar-refractivity contribution in [2.45, 2.75) is 12.1 Å². The molecule has 0 aliphatic heterocycles. The molecule has 0 radical (unpaired) electrons. The van der Waals surface area contributed by atoms with E-state index >= 15 is 0 Å². The van der Waals surface area contributed by atoms with Gasteiger partial charge in [-0.15, -0.1) is 0 Å². The zero-order valence-corrected chi connectivity index (χ0v) is 13.5. The van der Waals surface area contributed by atoms with Crippen LogP contribution in [0.4, 0.5) is 22.0 Å². The molecular weight excluding hydrogens is 413 g/mol. The van der Waals surface area contributed by atoms with Crippen LogP contribution in [0.2, 0.25) is 20.1 Å². The van der Waals surface area contributed by atoms with Crippen molar-refractivity contribution in [3.05, 3.63) is 38.8 Å². The predicted molar refractivity (Wildman–Crippen MR) is 76.5 cm³/mol. The minimum atomic E-state index is -5.94. The highest BCUT2D eigenvalue weighted by Crippen LogP contribution is 2.48. The molecule has 23 heavy (non-hydrogen) atoms. The van der Waals surface area contributed by atoms with Crippen LogP contribution < -0.4 is 4.84 Å². The number of hydrogen-bond acceptors (Lipinski definition) is 2. The summed E-state index contributed by atoms with van der Waals surface area (Å²) >= 11 is 23.1. The summed E-state index contributed by atoms with van der Waals surface area (Å²) in [4.78, 5) is 7.79. The topological polar surface area (TPSA) is 27.1 Å². The maximum Gasteiger partial charge on any atom is 0.461 e. The molecule has 2 rings (SSSR count). The van der Waals surface area contributed by atoms with Crippen LogP contribution in [0.15, 0.2) is 12.8 Å². The first-order chi connectivity index (χ1) is 10.4. The van der Waals surface area contributed by atoms with Crippen LogP contribution in [-0.2, 0) is 5.92 Å². The molecule has 1 heterocycles. The van der Waals surface area contributed by atoms with Crippen LogP contribution in [-0.4, -0.2) is 15.9 Å². The Kier molecular flexibility index (Phi) is 4.67. The highest BCUT2D eigenvalue weighted by Gasteiger charge is 2.62. The normalized spacial score (nSPS) is 12.7. The Hall–Kier alpha value is -0.960. The number of hydrogen-bond donors (Lipinski definition) is 0. The summed E-state index contributed by atoms with van der Waals surface area (Å²) in [5, 5.41) is -1.63. The monoisotopic (exact) mass is 414 g/mol. The van der Waals surface area contributed by atoms with Gasteiger partial charge in [0.15, 0.2) is 0 Å². The van der Waals surface area contributed by atoms with Crippen molar-refractivity contribution in [3.8, 4) is 0 Å². The predicted octanol–water partition coefficient (Wildman–Crippen LogP) is 5.88. The summed E-state index contributed by atoms with van der Waals surface area (Å²) in [6.07, 6.45) is -5.34. The lowest BCUT2D eigenvalue weighted by molar-refractivity contribution is -0.295. The third kappa shape index (κ3) is 2.71. The Labute approximate surface area is 145 Å². The second kappa shape index (κ2) is 5.84. The lowest BCUT2D eigenvalue weighted by Gasteiger charge is -2.19. The fourth-order valence-corrected chi connectivity index (χ4v) is 2.61. The van der Waals surface area contributed by atoms with Crippen molar-refractivity contribution >= 4 is 57.4 Å². The van der Waals surface area contributed by atoms with E-state index < -0.39 is 39.0 Å². The molecule has 0 unspecified atom stereocenters. The van der Waals surface area contributed by atoms with Gasteiger partial charge in [0.2, 0.25) is 5.82 Å². The third-order valence-corrected chi connectivity index (χ3v) is 4.43. The molecule has 0 N–H and O–H groups in total. The first kappa shape index (κ1) is 18.4. The average molecular weight is 416 g/mol. The van der Waals surface area contributed by atoms with E-state index in [1.807, 2.05) is 0 Å². The maximum absolute atomic E-state index is 13.7. The van der Waals surface area contributed by atoms with Crippen molar-refractivity contribution in [2.75, 3.05) is 0 Å². The van der Waals surface area contributed by atoms with Gasteiger partial charge in [0, 0.05) is 0 Å². The molecule has 0 atom stereocenters. The second-order valence-corrected chi connectivity index (χ2v) is 5.54. The molecule has 2 aromatic rings. The van der Waals surface area contributed by atoms with Gasteiger partial charge in [0.05, 0.1) is 20.1 Å². The second-order valence-electron chi connectivity index (χ2n) is 4.03. The molecule has 0 aliphatic carbocycles. The summed E-state index contributed by atoms with van der Waals surface area (Å²) in [5.74, 6) is -7.16. The van der Waals surface area contributed by atoms with E-state index in [1.54, 1.807) is 0 Å². The lowest BCUT2D eigenvalue weighted by atomic mass is 10.3. The first-order valence-corrected chi connectivity index (χ1v) is 6.93. The standard InChI is InChI=1S/C11H3Cl4F5N2O/c1-2-23-22-8-6(15)4(13)3(12)5(14)7(8)21-9(22)10(16,17)11(18,19)20/h2H,1H2. The van der Waals surface area contributed by atoms with Gasteiger partial charge in [-0.2, -0.15) is 26.7 Å². The summed E-state index contributed by atoms with van der Waals surface area (Å²) < 4.78 is 65.3. The fraction of sp³-hybridized carbons (Fsp3) is 0.182. The Morgan fingerprint density at radius 2 is 1.48 bits per heavy atom. The van der Waals surface area contributed by atoms with Gasteiger partial charge < -0.3 is 4.84 Å². The molecule has 126 valence electrons. The number of nitrogens with zero attached hydrogens (tertiary/aromatic N) is 2. The van der Waals surface area contributed by atoms with Crippen molar-refractivity contribution in [2.24, 2.45) is 0 Å². The van der Waals surface area contributed by atoms with Crippen molar-refractivity contribution in [1.29, 1.82) is 0 Å². The third-order valence-electron chi connectivity index (χ3n) is 2.65. The fourth-order valence-electron chi connectivity index (χ4n) is 1.65. The summed E-state index contributed by atoms with van der Waals surface area (Å²) in [6, 6.07) is 0. The molecule has 3 nitrogen and oxygen atoms in total. The van der Waals surface area contributed by atoms with Crippen LogP contribution in [0.3, 0.4) is 0 Å². The van der Waals surface area contributed by atoms with Crippen LogP contribution in [0.5, 0.6) is 0 Å². The molecule has 0 fully saturated rings. The number of rotatable bonds is 3. The lowest BCUT2D eigenvalue weighted by Crippen LogP contribution is -2.37. The van der Waals surface area contributed by atoms with Crippen molar-refractivity contribution in [1.82, 2.24) is 9.71 Å². The Morgan fingerprint density at radius 3 is 1.96 bits per heavy atom. The van der Waals surface area contributed by atoms with Gasteiger partial charge in [0.1, 0.15) is 17.3 Å². The van der Waals surface area contributed by atoms with E-state index in [2.05, 4.69) is 16.4 Å². The van der Waals surface area contributed by atoms with Gasteiger partial charge in [0.25, 0.3) is 0 Å². The van der Waals surface area contributed by atoms with Crippen molar-refractivity contribution < 1.29 is 26.8 Å². The minimum absolute atomic E-state index is 0.0479. The largest absolute Gasteiger partial charge is 0.461 e. The number of alkyl halides is 5. The molecule has 1 aromatic heterocycles. The smallest absolute Gasteiger partial charge is 0.382 e. The van der Waals surface area contributed by atoms with E-state index in [-0.39, 0.29) is 14.8 Å². The number of fused-ring (bicyclic) bond motifs is 1. The molecule has 0 saturated heterocycles. The van der Waals surface area contributed by atoms with E-state index in [9.17, 15) is 22.0 Å². The zero-order chi connectivity index (χ0) is 17.7. The van der Waals surface area contributed by atoms with E-state index in [0.29, 0.717) is 6.26 Å². The summed E-state index contributed by atoms with van der Waals surface area (Å²) in [5.41, 5.74) is -1.04. The first-order valence-electron chi connectivity index (χ1n) is 5.42. The van der Waals surface area contributed by atoms with Gasteiger partial charge >= 0.3 is 12.1 Å². The molecule has 0 aliphatic rings. The van der Waals surface area contributed by atoms with E-state index in [0.717, 1.165) is 0 Å². The molecular formula is C11H3Cl4F5N2O. The maximum atomic E-state index is 13.7. The molecule has 1 aromatic carbocycles. The number of aromatic nitrogens is 2. The molecule has 0 amide bonds. The highest BCUT2D eigenvalue weighted by atomic mass is 35.5. The molecule has 12 heteroatoms. The number of imidazole rings is 1. The Bertz CT molecular complexity index is 802. The SMILES string of the molecule is C=COn1c(C(F)(F)C(F)(F)F)nc2c(Cl)c(Cl)c(Cl)c(Cl)c21.